The fourth-order valence-corrected chi connectivity index (χ4v) is 3.88. The Morgan fingerprint density at radius 3 is 2.17 bits per heavy atom. The molecule has 3 heteroatoms. The van der Waals surface area contributed by atoms with Crippen molar-refractivity contribution in [3.05, 3.63) is 0 Å². The monoisotopic (exact) mass is 255 g/mol. The van der Waals surface area contributed by atoms with E-state index in [0.717, 1.165) is 19.6 Å². The molecule has 1 aliphatic carbocycles. The van der Waals surface area contributed by atoms with Crippen LogP contribution in [0.5, 0.6) is 0 Å². The fraction of sp³-hybridized carbons (Fsp3) is 1.00. The third-order valence-electron chi connectivity index (χ3n) is 4.77. The first-order valence-corrected chi connectivity index (χ1v) is 7.29. The van der Waals surface area contributed by atoms with Crippen LogP contribution >= 0.6 is 0 Å². The number of likely N-dealkylation sites (N-methyl/N-ethyl adjacent to an activating group) is 1. The van der Waals surface area contributed by atoms with Gasteiger partial charge in [0.25, 0.3) is 0 Å². The molecule has 0 spiro atoms. The van der Waals surface area contributed by atoms with E-state index < -0.39 is 0 Å². The molecule has 0 amide bonds. The zero-order chi connectivity index (χ0) is 14.0. The minimum atomic E-state index is 0.218. The smallest absolute Gasteiger partial charge is 0.0359 e. The van der Waals surface area contributed by atoms with E-state index in [1.165, 1.54) is 19.3 Å². The van der Waals surface area contributed by atoms with E-state index >= 15 is 0 Å². The van der Waals surface area contributed by atoms with E-state index in [0.29, 0.717) is 11.3 Å². The van der Waals surface area contributed by atoms with Gasteiger partial charge < -0.3 is 10.6 Å². The van der Waals surface area contributed by atoms with Crippen LogP contribution in [-0.2, 0) is 0 Å². The van der Waals surface area contributed by atoms with E-state index in [1.54, 1.807) is 0 Å². The predicted molar refractivity (Wildman–Crippen MR) is 79.8 cm³/mol. The number of nitrogens with zero attached hydrogens (tertiary/aromatic N) is 2. The average Bonchev–Trinajstić information content (AvgIpc) is 2.48. The van der Waals surface area contributed by atoms with Crippen LogP contribution in [0.2, 0.25) is 0 Å². The lowest BCUT2D eigenvalue weighted by molar-refractivity contribution is 0.0825. The van der Waals surface area contributed by atoms with E-state index in [9.17, 15) is 0 Å². The topological polar surface area (TPSA) is 32.5 Å². The van der Waals surface area contributed by atoms with Gasteiger partial charge in [-0.3, -0.25) is 4.90 Å². The maximum Gasteiger partial charge on any atom is 0.0359 e. The van der Waals surface area contributed by atoms with E-state index in [2.05, 4.69) is 51.7 Å². The van der Waals surface area contributed by atoms with Gasteiger partial charge in [0.15, 0.2) is 0 Å². The van der Waals surface area contributed by atoms with Gasteiger partial charge in [0, 0.05) is 12.1 Å². The van der Waals surface area contributed by atoms with Gasteiger partial charge in [0.2, 0.25) is 0 Å². The molecule has 0 radical (unpaired) electrons. The van der Waals surface area contributed by atoms with E-state index in [-0.39, 0.29) is 5.54 Å². The molecule has 2 N–H and O–H groups in total. The van der Waals surface area contributed by atoms with Gasteiger partial charge in [0.05, 0.1) is 0 Å². The van der Waals surface area contributed by atoms with Crippen molar-refractivity contribution >= 4 is 0 Å². The summed E-state index contributed by atoms with van der Waals surface area (Å²) in [7, 11) is 6.54. The third kappa shape index (κ3) is 3.46. The molecule has 1 saturated carbocycles. The molecule has 18 heavy (non-hydrogen) atoms. The summed E-state index contributed by atoms with van der Waals surface area (Å²) < 4.78 is 0. The van der Waals surface area contributed by atoms with Crippen LogP contribution in [0.3, 0.4) is 0 Å². The molecular weight excluding hydrogens is 222 g/mol. The molecule has 1 rings (SSSR count). The van der Waals surface area contributed by atoms with Gasteiger partial charge in [-0.1, -0.05) is 20.8 Å². The molecule has 0 aromatic rings. The van der Waals surface area contributed by atoms with Crippen molar-refractivity contribution in [2.24, 2.45) is 17.1 Å². The van der Waals surface area contributed by atoms with Gasteiger partial charge in [0.1, 0.15) is 0 Å². The maximum absolute atomic E-state index is 6.16. The molecule has 0 aromatic carbocycles. The molecular formula is C15H33N3. The summed E-state index contributed by atoms with van der Waals surface area (Å²) in [5.74, 6) is 0.696. The first kappa shape index (κ1) is 15.9. The minimum absolute atomic E-state index is 0.218. The third-order valence-corrected chi connectivity index (χ3v) is 4.77. The highest BCUT2D eigenvalue weighted by Gasteiger charge is 2.49. The normalized spacial score (nSPS) is 31.5. The Kier molecular flexibility index (Phi) is 5.22. The second kappa shape index (κ2) is 5.89. The summed E-state index contributed by atoms with van der Waals surface area (Å²) >= 11 is 0. The maximum atomic E-state index is 6.16. The SMILES string of the molecule is CC1CC(C)(C)CC1(CN)N(C)CCCN(C)C. The van der Waals surface area contributed by atoms with Gasteiger partial charge in [-0.25, -0.2) is 0 Å². The summed E-state index contributed by atoms with van der Waals surface area (Å²) in [5.41, 5.74) is 6.82. The van der Waals surface area contributed by atoms with Crippen LogP contribution in [0.1, 0.15) is 40.0 Å². The molecule has 0 heterocycles. The lowest BCUT2D eigenvalue weighted by Gasteiger charge is -2.42. The summed E-state index contributed by atoms with van der Waals surface area (Å²) in [6, 6.07) is 0. The molecule has 2 unspecified atom stereocenters. The Morgan fingerprint density at radius 2 is 1.78 bits per heavy atom. The highest BCUT2D eigenvalue weighted by atomic mass is 15.2. The fourth-order valence-electron chi connectivity index (χ4n) is 3.88. The molecule has 0 aromatic heterocycles. The van der Waals surface area contributed by atoms with Crippen molar-refractivity contribution in [1.29, 1.82) is 0 Å². The Bertz CT molecular complexity index is 262. The zero-order valence-electron chi connectivity index (χ0n) is 13.3. The lowest BCUT2D eigenvalue weighted by atomic mass is 9.85. The Labute approximate surface area is 114 Å². The predicted octanol–water partition coefficient (Wildman–Crippen LogP) is 2.02. The minimum Gasteiger partial charge on any atom is -0.329 e. The van der Waals surface area contributed by atoms with Gasteiger partial charge >= 0.3 is 0 Å². The lowest BCUT2D eigenvalue weighted by Crippen LogP contribution is -2.54. The van der Waals surface area contributed by atoms with Crippen molar-refractivity contribution in [3.63, 3.8) is 0 Å². The summed E-state index contributed by atoms with van der Waals surface area (Å²) in [4.78, 5) is 4.79. The van der Waals surface area contributed by atoms with Crippen LogP contribution in [0, 0.1) is 11.3 Å². The first-order chi connectivity index (χ1) is 8.23. The van der Waals surface area contributed by atoms with Crippen molar-refractivity contribution in [3.8, 4) is 0 Å². The second-order valence-corrected chi connectivity index (χ2v) is 7.33. The standard InChI is InChI=1S/C15H33N3/c1-13-10-14(2,3)11-15(13,12-16)18(6)9-7-8-17(4)5/h13H,7-12,16H2,1-6H3. The summed E-state index contributed by atoms with van der Waals surface area (Å²) in [6.07, 6.45) is 3.75. The van der Waals surface area contributed by atoms with Crippen molar-refractivity contribution < 1.29 is 0 Å². The molecule has 0 saturated heterocycles. The van der Waals surface area contributed by atoms with Crippen LogP contribution in [-0.4, -0.2) is 56.1 Å². The van der Waals surface area contributed by atoms with Crippen LogP contribution in [0.4, 0.5) is 0 Å². The zero-order valence-corrected chi connectivity index (χ0v) is 13.3. The molecule has 0 bridgehead atoms. The average molecular weight is 255 g/mol. The van der Waals surface area contributed by atoms with Gasteiger partial charge in [-0.15, -0.1) is 0 Å². The molecule has 3 nitrogen and oxygen atoms in total. The second-order valence-electron chi connectivity index (χ2n) is 7.33. The molecule has 108 valence electrons. The molecule has 0 aliphatic heterocycles. The highest BCUT2D eigenvalue weighted by Crippen LogP contribution is 2.49. The number of rotatable bonds is 6. The Hall–Kier alpha value is -0.120. The summed E-state index contributed by atoms with van der Waals surface area (Å²) in [5, 5.41) is 0. The Balaban J connectivity index is 2.64. The van der Waals surface area contributed by atoms with Crippen LogP contribution in [0.25, 0.3) is 0 Å². The summed E-state index contributed by atoms with van der Waals surface area (Å²) in [6.45, 7) is 10.2. The molecule has 1 fully saturated rings. The largest absolute Gasteiger partial charge is 0.329 e. The van der Waals surface area contributed by atoms with Crippen molar-refractivity contribution in [2.45, 2.75) is 45.6 Å². The highest BCUT2D eigenvalue weighted by molar-refractivity contribution is 5.05. The van der Waals surface area contributed by atoms with E-state index in [4.69, 9.17) is 5.73 Å². The molecule has 1 aliphatic rings. The number of nitrogens with two attached hydrogens (primary N) is 1. The van der Waals surface area contributed by atoms with Gasteiger partial charge in [-0.05, 0) is 64.8 Å². The first-order valence-electron chi connectivity index (χ1n) is 7.29. The quantitative estimate of drug-likeness (QED) is 0.788. The Morgan fingerprint density at radius 1 is 1.17 bits per heavy atom. The van der Waals surface area contributed by atoms with Crippen LogP contribution in [0.15, 0.2) is 0 Å². The molecule has 2 atom stereocenters. The van der Waals surface area contributed by atoms with E-state index in [1.807, 2.05) is 0 Å². The van der Waals surface area contributed by atoms with Crippen LogP contribution < -0.4 is 5.73 Å². The van der Waals surface area contributed by atoms with Crippen molar-refractivity contribution in [1.82, 2.24) is 9.80 Å². The number of hydrogen-bond donors (Lipinski definition) is 1. The number of hydrogen-bond acceptors (Lipinski definition) is 3. The van der Waals surface area contributed by atoms with Crippen molar-refractivity contribution in [2.75, 3.05) is 40.8 Å². The van der Waals surface area contributed by atoms with Gasteiger partial charge in [-0.2, -0.15) is 0 Å².